The molecule has 0 saturated heterocycles. The highest BCUT2D eigenvalue weighted by atomic mass is 15.0. The van der Waals surface area contributed by atoms with Crippen molar-refractivity contribution in [3.63, 3.8) is 0 Å². The van der Waals surface area contributed by atoms with Crippen LogP contribution in [0.1, 0.15) is 73.9 Å². The Morgan fingerprint density at radius 2 is 0.949 bits per heavy atom. The van der Waals surface area contributed by atoms with Crippen molar-refractivity contribution in [3.05, 3.63) is 215 Å². The monoisotopic (exact) mass is 758 g/mol. The molecule has 2 nitrogen and oxygen atoms in total. The molecule has 10 aromatic rings. The Morgan fingerprint density at radius 3 is 1.66 bits per heavy atom. The van der Waals surface area contributed by atoms with E-state index < -0.39 is 5.41 Å². The number of para-hydroxylation sites is 2. The standard InChI is InChI=1S/C57H46N2/c1-55(2)32-33-56(3,4)49-36-52-45(35-48(49)55)53-51(31-30-44-43-26-13-16-29-50(43)59(54(44)53)39-21-9-6-10-22-39)58(52)40-23-17-20-38(34-40)57(37-18-7-5-8-19-37)46-27-14-11-24-41(46)42-25-12-15-28-47(42)57/h5-31,34-36H,32-33H2,1-4H3. The minimum Gasteiger partial charge on any atom is -0.309 e. The predicted molar refractivity (Wildman–Crippen MR) is 248 cm³/mol. The van der Waals surface area contributed by atoms with E-state index in [9.17, 15) is 0 Å². The largest absolute Gasteiger partial charge is 0.309 e. The number of nitrogens with zero attached hydrogens (tertiary/aromatic N) is 2. The van der Waals surface area contributed by atoms with E-state index in [0.29, 0.717) is 0 Å². The van der Waals surface area contributed by atoms with Gasteiger partial charge in [0.05, 0.1) is 27.5 Å². The Morgan fingerprint density at radius 1 is 0.373 bits per heavy atom. The van der Waals surface area contributed by atoms with E-state index in [1.165, 1.54) is 112 Å². The van der Waals surface area contributed by atoms with Crippen molar-refractivity contribution in [1.82, 2.24) is 9.13 Å². The molecule has 2 aliphatic carbocycles. The molecule has 0 radical (unpaired) electrons. The first-order chi connectivity index (χ1) is 28.8. The quantitative estimate of drug-likeness (QED) is 0.169. The van der Waals surface area contributed by atoms with Gasteiger partial charge in [0, 0.05) is 32.9 Å². The van der Waals surface area contributed by atoms with Gasteiger partial charge in [-0.15, -0.1) is 0 Å². The molecule has 59 heavy (non-hydrogen) atoms. The molecule has 8 aromatic carbocycles. The molecular weight excluding hydrogens is 713 g/mol. The minimum atomic E-state index is -0.485. The summed E-state index contributed by atoms with van der Waals surface area (Å²) in [6, 6.07) is 68.6. The van der Waals surface area contributed by atoms with Crippen LogP contribution in [0.4, 0.5) is 0 Å². The van der Waals surface area contributed by atoms with E-state index in [0.717, 1.165) is 0 Å². The van der Waals surface area contributed by atoms with Crippen LogP contribution in [0, 0.1) is 0 Å². The molecule has 0 saturated carbocycles. The van der Waals surface area contributed by atoms with Crippen LogP contribution in [-0.4, -0.2) is 9.13 Å². The van der Waals surface area contributed by atoms with Crippen molar-refractivity contribution in [2.75, 3.05) is 0 Å². The first kappa shape index (κ1) is 34.4. The second kappa shape index (κ2) is 12.2. The van der Waals surface area contributed by atoms with Gasteiger partial charge in [-0.05, 0) is 117 Å². The van der Waals surface area contributed by atoms with Gasteiger partial charge in [-0.1, -0.05) is 161 Å². The average Bonchev–Trinajstić information content (AvgIpc) is 3.90. The van der Waals surface area contributed by atoms with Crippen LogP contribution in [0.15, 0.2) is 182 Å². The van der Waals surface area contributed by atoms with Gasteiger partial charge in [0.25, 0.3) is 0 Å². The number of fused-ring (bicyclic) bond motifs is 11. The Kier molecular flexibility index (Phi) is 7.11. The molecule has 0 fully saturated rings. The highest BCUT2D eigenvalue weighted by Gasteiger charge is 2.46. The topological polar surface area (TPSA) is 9.86 Å². The molecule has 0 unspecified atom stereocenters. The number of hydrogen-bond acceptors (Lipinski definition) is 0. The smallest absolute Gasteiger partial charge is 0.0714 e. The summed E-state index contributed by atoms with van der Waals surface area (Å²) in [7, 11) is 0. The minimum absolute atomic E-state index is 0.0606. The summed E-state index contributed by atoms with van der Waals surface area (Å²) in [5.41, 5.74) is 17.8. The highest BCUT2D eigenvalue weighted by molar-refractivity contribution is 6.26. The van der Waals surface area contributed by atoms with Crippen LogP contribution < -0.4 is 0 Å². The van der Waals surface area contributed by atoms with Crippen LogP contribution in [0.2, 0.25) is 0 Å². The molecule has 0 bridgehead atoms. The van der Waals surface area contributed by atoms with Crippen LogP contribution in [0.5, 0.6) is 0 Å². The molecular formula is C57H46N2. The Balaban J connectivity index is 1.24. The van der Waals surface area contributed by atoms with Crippen molar-refractivity contribution in [2.24, 2.45) is 0 Å². The normalized spacial score (nSPS) is 16.1. The second-order valence-electron chi connectivity index (χ2n) is 18.3. The lowest BCUT2D eigenvalue weighted by molar-refractivity contribution is 0.332. The zero-order valence-electron chi connectivity index (χ0n) is 34.1. The summed E-state index contributed by atoms with van der Waals surface area (Å²) in [5.74, 6) is 0. The van der Waals surface area contributed by atoms with Gasteiger partial charge >= 0.3 is 0 Å². The maximum absolute atomic E-state index is 2.59. The second-order valence-corrected chi connectivity index (χ2v) is 18.3. The fourth-order valence-electron chi connectivity index (χ4n) is 11.3. The van der Waals surface area contributed by atoms with Crippen LogP contribution >= 0.6 is 0 Å². The number of benzene rings is 8. The lowest BCUT2D eigenvalue weighted by atomic mass is 9.63. The molecule has 0 atom stereocenters. The van der Waals surface area contributed by atoms with E-state index >= 15 is 0 Å². The third-order valence-electron chi connectivity index (χ3n) is 14.2. The summed E-state index contributed by atoms with van der Waals surface area (Å²) in [4.78, 5) is 0. The van der Waals surface area contributed by atoms with Gasteiger partial charge in [-0.25, -0.2) is 0 Å². The predicted octanol–water partition coefficient (Wildman–Crippen LogP) is 14.6. The Bertz CT molecular complexity index is 3270. The molecule has 2 heterocycles. The molecule has 2 heteroatoms. The van der Waals surface area contributed by atoms with Crippen molar-refractivity contribution < 1.29 is 0 Å². The molecule has 2 aliphatic rings. The van der Waals surface area contributed by atoms with Gasteiger partial charge in [0.15, 0.2) is 0 Å². The number of rotatable bonds is 4. The molecule has 12 rings (SSSR count). The van der Waals surface area contributed by atoms with Gasteiger partial charge < -0.3 is 9.13 Å². The first-order valence-electron chi connectivity index (χ1n) is 21.2. The summed E-state index contributed by atoms with van der Waals surface area (Å²) in [5, 5.41) is 5.18. The Hall–Kier alpha value is -6.64. The van der Waals surface area contributed by atoms with Gasteiger partial charge in [0.2, 0.25) is 0 Å². The summed E-state index contributed by atoms with van der Waals surface area (Å²) >= 11 is 0. The van der Waals surface area contributed by atoms with E-state index in [2.05, 4.69) is 219 Å². The average molecular weight is 759 g/mol. The van der Waals surface area contributed by atoms with Gasteiger partial charge in [-0.2, -0.15) is 0 Å². The number of aromatic nitrogens is 2. The van der Waals surface area contributed by atoms with Crippen molar-refractivity contribution in [3.8, 4) is 22.5 Å². The zero-order chi connectivity index (χ0) is 39.7. The highest BCUT2D eigenvalue weighted by Crippen LogP contribution is 2.57. The fraction of sp³-hybridized carbons (Fsp3) is 0.158. The van der Waals surface area contributed by atoms with Crippen LogP contribution in [0.3, 0.4) is 0 Å². The fourth-order valence-corrected chi connectivity index (χ4v) is 11.3. The molecule has 0 aliphatic heterocycles. The Labute approximate surface area is 346 Å². The van der Waals surface area contributed by atoms with E-state index in [1.807, 2.05) is 0 Å². The van der Waals surface area contributed by atoms with Crippen LogP contribution in [-0.2, 0) is 16.2 Å². The van der Waals surface area contributed by atoms with Gasteiger partial charge in [-0.3, -0.25) is 0 Å². The lowest BCUT2D eigenvalue weighted by Gasteiger charge is -2.42. The summed E-state index contributed by atoms with van der Waals surface area (Å²) in [6.07, 6.45) is 2.34. The molecule has 2 aromatic heterocycles. The van der Waals surface area contributed by atoms with Crippen molar-refractivity contribution >= 4 is 43.6 Å². The third kappa shape index (κ3) is 4.63. The van der Waals surface area contributed by atoms with Gasteiger partial charge in [0.1, 0.15) is 0 Å². The molecule has 284 valence electrons. The third-order valence-corrected chi connectivity index (χ3v) is 14.2. The summed E-state index contributed by atoms with van der Waals surface area (Å²) in [6.45, 7) is 9.80. The summed E-state index contributed by atoms with van der Waals surface area (Å²) < 4.78 is 5.10. The first-order valence-corrected chi connectivity index (χ1v) is 21.2. The number of hydrogen-bond donors (Lipinski definition) is 0. The maximum Gasteiger partial charge on any atom is 0.0714 e. The molecule has 0 spiro atoms. The maximum atomic E-state index is 2.59. The van der Waals surface area contributed by atoms with E-state index in [1.54, 1.807) is 0 Å². The van der Waals surface area contributed by atoms with E-state index in [4.69, 9.17) is 0 Å². The van der Waals surface area contributed by atoms with Crippen LogP contribution in [0.25, 0.3) is 66.1 Å². The van der Waals surface area contributed by atoms with E-state index in [-0.39, 0.29) is 10.8 Å². The van der Waals surface area contributed by atoms with Crippen molar-refractivity contribution in [1.29, 1.82) is 0 Å². The zero-order valence-corrected chi connectivity index (χ0v) is 34.1. The molecule has 0 N–H and O–H groups in total. The van der Waals surface area contributed by atoms with Crippen molar-refractivity contribution in [2.45, 2.75) is 56.8 Å². The lowest BCUT2D eigenvalue weighted by Crippen LogP contribution is -2.33. The molecule has 0 amide bonds. The SMILES string of the molecule is CC1(C)CCC(C)(C)c2cc3c(cc21)c1c(ccc2c4ccccc4n(-c4ccccc4)c21)n3-c1cccc(C2(c3ccccc3)c3ccccc3-c3ccccc32)c1.